The van der Waals surface area contributed by atoms with E-state index in [0.717, 1.165) is 25.8 Å². The van der Waals surface area contributed by atoms with Crippen molar-refractivity contribution in [2.75, 3.05) is 6.54 Å². The maximum absolute atomic E-state index is 11.7. The molecule has 1 saturated heterocycles. The molecule has 0 aliphatic carbocycles. The first kappa shape index (κ1) is 15.3. The summed E-state index contributed by atoms with van der Waals surface area (Å²) in [5.41, 5.74) is 3.60. The second-order valence-corrected chi connectivity index (χ2v) is 6.74. The number of piperidine rings is 1. The molecule has 2 atom stereocenters. The highest BCUT2D eigenvalue weighted by molar-refractivity contribution is 7.08. The summed E-state index contributed by atoms with van der Waals surface area (Å²) in [6.07, 6.45) is 2.80. The molecular formula is C18H21NO2S. The Morgan fingerprint density at radius 3 is 2.64 bits per heavy atom. The first-order valence-electron chi connectivity index (χ1n) is 7.74. The number of aryl methyl sites for hydroxylation is 1. The normalized spacial score (nSPS) is 20.7. The summed E-state index contributed by atoms with van der Waals surface area (Å²) >= 11 is 1.67. The highest BCUT2D eigenvalue weighted by atomic mass is 32.1. The van der Waals surface area contributed by atoms with Crippen LogP contribution in [0, 0.1) is 6.92 Å². The van der Waals surface area contributed by atoms with E-state index in [0.29, 0.717) is 0 Å². The molecule has 0 saturated carbocycles. The van der Waals surface area contributed by atoms with Crippen molar-refractivity contribution in [1.29, 1.82) is 0 Å². The summed E-state index contributed by atoms with van der Waals surface area (Å²) < 4.78 is 0. The molecular weight excluding hydrogens is 294 g/mol. The highest BCUT2D eigenvalue weighted by Crippen LogP contribution is 2.35. The van der Waals surface area contributed by atoms with E-state index in [1.807, 2.05) is 0 Å². The van der Waals surface area contributed by atoms with E-state index < -0.39 is 5.97 Å². The number of hydrogen-bond donors (Lipinski definition) is 1. The van der Waals surface area contributed by atoms with Gasteiger partial charge in [-0.1, -0.05) is 36.2 Å². The number of carboxylic acid groups (broad SMARTS) is 1. The monoisotopic (exact) mass is 315 g/mol. The molecule has 1 aromatic carbocycles. The number of benzene rings is 1. The minimum absolute atomic E-state index is 0.0354. The summed E-state index contributed by atoms with van der Waals surface area (Å²) in [7, 11) is 0. The largest absolute Gasteiger partial charge is 0.480 e. The Hall–Kier alpha value is -1.65. The van der Waals surface area contributed by atoms with Crippen LogP contribution in [-0.4, -0.2) is 28.6 Å². The molecule has 116 valence electrons. The number of nitrogens with zero attached hydrogens (tertiary/aromatic N) is 1. The van der Waals surface area contributed by atoms with Crippen LogP contribution in [-0.2, 0) is 4.79 Å². The van der Waals surface area contributed by atoms with Crippen LogP contribution in [0.4, 0.5) is 0 Å². The van der Waals surface area contributed by atoms with E-state index in [-0.39, 0.29) is 12.1 Å². The molecule has 1 aromatic heterocycles. The van der Waals surface area contributed by atoms with Gasteiger partial charge in [-0.2, -0.15) is 11.3 Å². The number of hydrogen-bond acceptors (Lipinski definition) is 3. The van der Waals surface area contributed by atoms with Gasteiger partial charge in [0.2, 0.25) is 0 Å². The van der Waals surface area contributed by atoms with Crippen LogP contribution in [0.25, 0.3) is 0 Å². The van der Waals surface area contributed by atoms with Gasteiger partial charge >= 0.3 is 5.97 Å². The second kappa shape index (κ2) is 6.63. The van der Waals surface area contributed by atoms with Crippen molar-refractivity contribution >= 4 is 17.3 Å². The number of thiophene rings is 1. The number of carbonyl (C=O) groups is 1. The average molecular weight is 315 g/mol. The van der Waals surface area contributed by atoms with Crippen molar-refractivity contribution in [2.24, 2.45) is 0 Å². The molecule has 2 unspecified atom stereocenters. The van der Waals surface area contributed by atoms with Crippen molar-refractivity contribution in [3.8, 4) is 0 Å². The topological polar surface area (TPSA) is 40.5 Å². The minimum atomic E-state index is -0.702. The molecule has 0 bridgehead atoms. The van der Waals surface area contributed by atoms with Gasteiger partial charge in [0.1, 0.15) is 6.04 Å². The number of carboxylic acids is 1. The molecule has 3 rings (SSSR count). The molecule has 0 radical (unpaired) electrons. The van der Waals surface area contributed by atoms with Gasteiger partial charge in [0.25, 0.3) is 0 Å². The standard InChI is InChI=1S/C18H21NO2S/c1-13-5-7-14(8-6-13)17(15-9-11-22-12-15)19-10-3-2-4-16(19)18(20)21/h5-9,11-12,16-17H,2-4,10H2,1H3,(H,20,21). The maximum Gasteiger partial charge on any atom is 0.320 e. The zero-order chi connectivity index (χ0) is 15.5. The Balaban J connectivity index is 2.01. The van der Waals surface area contributed by atoms with Crippen LogP contribution in [0.5, 0.6) is 0 Å². The molecule has 1 N–H and O–H groups in total. The van der Waals surface area contributed by atoms with Gasteiger partial charge in [-0.15, -0.1) is 0 Å². The SMILES string of the molecule is Cc1ccc(C(c2ccsc2)N2CCCCC2C(=O)O)cc1. The first-order chi connectivity index (χ1) is 10.7. The third kappa shape index (κ3) is 3.08. The Kier molecular flexibility index (Phi) is 4.60. The van der Waals surface area contributed by atoms with Crippen molar-refractivity contribution in [1.82, 2.24) is 4.90 Å². The van der Waals surface area contributed by atoms with Crippen molar-refractivity contribution < 1.29 is 9.90 Å². The number of aliphatic carboxylic acids is 1. The van der Waals surface area contributed by atoms with E-state index in [1.54, 1.807) is 11.3 Å². The summed E-state index contributed by atoms with van der Waals surface area (Å²) in [5.74, 6) is -0.702. The van der Waals surface area contributed by atoms with Crippen molar-refractivity contribution in [2.45, 2.75) is 38.3 Å². The third-order valence-electron chi connectivity index (χ3n) is 4.41. The quantitative estimate of drug-likeness (QED) is 0.924. The Morgan fingerprint density at radius 1 is 1.23 bits per heavy atom. The molecule has 2 aromatic rings. The first-order valence-corrected chi connectivity index (χ1v) is 8.68. The van der Waals surface area contributed by atoms with Crippen LogP contribution in [0.3, 0.4) is 0 Å². The molecule has 22 heavy (non-hydrogen) atoms. The van der Waals surface area contributed by atoms with Gasteiger partial charge in [0.15, 0.2) is 0 Å². The lowest BCUT2D eigenvalue weighted by molar-refractivity contribution is -0.145. The molecule has 1 fully saturated rings. The third-order valence-corrected chi connectivity index (χ3v) is 5.11. The lowest BCUT2D eigenvalue weighted by Gasteiger charge is -2.39. The fourth-order valence-electron chi connectivity index (χ4n) is 3.28. The van der Waals surface area contributed by atoms with E-state index in [4.69, 9.17) is 0 Å². The predicted octanol–water partition coefficient (Wildman–Crippen LogP) is 4.09. The molecule has 3 nitrogen and oxygen atoms in total. The fraction of sp³-hybridized carbons (Fsp3) is 0.389. The molecule has 1 aliphatic rings. The molecule has 0 amide bonds. The Labute approximate surface area is 135 Å². The van der Waals surface area contributed by atoms with Gasteiger partial charge in [0, 0.05) is 0 Å². The molecule has 0 spiro atoms. The van der Waals surface area contributed by atoms with E-state index >= 15 is 0 Å². The fourth-order valence-corrected chi connectivity index (χ4v) is 3.96. The maximum atomic E-state index is 11.7. The van der Waals surface area contributed by atoms with E-state index in [9.17, 15) is 9.90 Å². The molecule has 2 heterocycles. The minimum Gasteiger partial charge on any atom is -0.480 e. The number of likely N-dealkylation sites (tertiary alicyclic amines) is 1. The van der Waals surface area contributed by atoms with Crippen LogP contribution in [0.1, 0.15) is 42.0 Å². The lowest BCUT2D eigenvalue weighted by atomic mass is 9.92. The second-order valence-electron chi connectivity index (χ2n) is 5.96. The van der Waals surface area contributed by atoms with Gasteiger partial charge in [-0.3, -0.25) is 9.69 Å². The molecule has 1 aliphatic heterocycles. The van der Waals surface area contributed by atoms with Gasteiger partial charge in [0.05, 0.1) is 6.04 Å². The zero-order valence-electron chi connectivity index (χ0n) is 12.7. The average Bonchev–Trinajstić information content (AvgIpc) is 3.04. The van der Waals surface area contributed by atoms with Crippen LogP contribution < -0.4 is 0 Å². The highest BCUT2D eigenvalue weighted by Gasteiger charge is 2.35. The lowest BCUT2D eigenvalue weighted by Crippen LogP contribution is -2.46. The summed E-state index contributed by atoms with van der Waals surface area (Å²) in [6, 6.07) is 10.2. The van der Waals surface area contributed by atoms with E-state index in [1.165, 1.54) is 16.7 Å². The summed E-state index contributed by atoms with van der Waals surface area (Å²) in [5, 5.41) is 13.8. The van der Waals surface area contributed by atoms with Gasteiger partial charge in [-0.25, -0.2) is 0 Å². The van der Waals surface area contributed by atoms with Crippen LogP contribution >= 0.6 is 11.3 Å². The van der Waals surface area contributed by atoms with Gasteiger partial charge in [-0.05, 0) is 54.3 Å². The summed E-state index contributed by atoms with van der Waals surface area (Å²) in [4.78, 5) is 13.9. The van der Waals surface area contributed by atoms with Gasteiger partial charge < -0.3 is 5.11 Å². The van der Waals surface area contributed by atoms with Crippen molar-refractivity contribution in [3.63, 3.8) is 0 Å². The predicted molar refractivity (Wildman–Crippen MR) is 89.3 cm³/mol. The smallest absolute Gasteiger partial charge is 0.320 e. The van der Waals surface area contributed by atoms with E-state index in [2.05, 4.69) is 52.9 Å². The Bertz CT molecular complexity index is 621. The molecule has 4 heteroatoms. The number of rotatable bonds is 4. The van der Waals surface area contributed by atoms with Crippen LogP contribution in [0.15, 0.2) is 41.1 Å². The summed E-state index contributed by atoms with van der Waals surface area (Å²) in [6.45, 7) is 2.91. The zero-order valence-corrected chi connectivity index (χ0v) is 13.6. The van der Waals surface area contributed by atoms with Crippen molar-refractivity contribution in [3.05, 3.63) is 57.8 Å². The Morgan fingerprint density at radius 2 is 2.00 bits per heavy atom. The van der Waals surface area contributed by atoms with Crippen LogP contribution in [0.2, 0.25) is 0 Å².